The molecule has 1 unspecified atom stereocenters. The van der Waals surface area contributed by atoms with E-state index in [0.717, 1.165) is 12.8 Å². The minimum atomic E-state index is -0.178. The zero-order valence-corrected chi connectivity index (χ0v) is 14.9. The van der Waals surface area contributed by atoms with Gasteiger partial charge in [0, 0.05) is 30.4 Å². The third-order valence-corrected chi connectivity index (χ3v) is 4.40. The smallest absolute Gasteiger partial charge is 0.321 e. The van der Waals surface area contributed by atoms with E-state index in [4.69, 9.17) is 18.9 Å². The van der Waals surface area contributed by atoms with Gasteiger partial charge in [-0.05, 0) is 25.0 Å². The first kappa shape index (κ1) is 17.2. The molecule has 1 saturated heterocycles. The Labute approximate surface area is 156 Å². The molecule has 0 spiro atoms. The number of hydrogen-bond acceptors (Lipinski definition) is 7. The van der Waals surface area contributed by atoms with Gasteiger partial charge in [0.2, 0.25) is 18.6 Å². The Morgan fingerprint density at radius 2 is 2.00 bits per heavy atom. The summed E-state index contributed by atoms with van der Waals surface area (Å²) in [5.74, 6) is 2.15. The minimum Gasteiger partial charge on any atom is -0.480 e. The van der Waals surface area contributed by atoms with E-state index in [1.807, 2.05) is 0 Å². The fourth-order valence-electron chi connectivity index (χ4n) is 3.05. The van der Waals surface area contributed by atoms with Gasteiger partial charge in [-0.3, -0.25) is 0 Å². The van der Waals surface area contributed by atoms with Gasteiger partial charge in [0.1, 0.15) is 6.10 Å². The van der Waals surface area contributed by atoms with Crippen molar-refractivity contribution < 1.29 is 23.7 Å². The number of benzene rings is 1. The molecule has 2 aliphatic rings. The number of fused-ring (bicyclic) bond motifs is 1. The first-order valence-electron chi connectivity index (χ1n) is 8.71. The lowest BCUT2D eigenvalue weighted by atomic mass is 10.1. The van der Waals surface area contributed by atoms with Crippen LogP contribution in [0.3, 0.4) is 0 Å². The number of rotatable bonds is 4. The lowest BCUT2D eigenvalue weighted by molar-refractivity contribution is 0.101. The van der Waals surface area contributed by atoms with Crippen LogP contribution in [0, 0.1) is 0 Å². The number of carbonyl (C=O) groups is 1. The third-order valence-electron chi connectivity index (χ3n) is 4.40. The van der Waals surface area contributed by atoms with Crippen molar-refractivity contribution in [2.75, 3.05) is 32.3 Å². The lowest BCUT2D eigenvalue weighted by Gasteiger charge is -2.32. The molecule has 2 aromatic rings. The normalized spacial score (nSPS) is 18.1. The summed E-state index contributed by atoms with van der Waals surface area (Å²) in [7, 11) is 1.53. The number of nitrogens with zero attached hydrogens (tertiary/aromatic N) is 3. The molecule has 2 amide bonds. The van der Waals surface area contributed by atoms with E-state index in [9.17, 15) is 4.79 Å². The summed E-state index contributed by atoms with van der Waals surface area (Å²) in [5.41, 5.74) is 0.660. The Morgan fingerprint density at radius 3 is 2.81 bits per heavy atom. The molecule has 1 aromatic carbocycles. The van der Waals surface area contributed by atoms with E-state index in [0.29, 0.717) is 42.0 Å². The molecule has 1 aromatic heterocycles. The molecule has 142 valence electrons. The number of aromatic nitrogens is 2. The van der Waals surface area contributed by atoms with Gasteiger partial charge < -0.3 is 29.2 Å². The predicted molar refractivity (Wildman–Crippen MR) is 95.4 cm³/mol. The lowest BCUT2D eigenvalue weighted by Crippen LogP contribution is -2.46. The highest BCUT2D eigenvalue weighted by atomic mass is 16.7. The van der Waals surface area contributed by atoms with Gasteiger partial charge in [-0.15, -0.1) is 10.2 Å². The number of likely N-dealkylation sites (tertiary alicyclic amines) is 1. The van der Waals surface area contributed by atoms with E-state index in [1.165, 1.54) is 7.11 Å². The van der Waals surface area contributed by atoms with Crippen molar-refractivity contribution >= 4 is 11.7 Å². The molecule has 0 radical (unpaired) electrons. The zero-order chi connectivity index (χ0) is 18.6. The van der Waals surface area contributed by atoms with E-state index >= 15 is 0 Å². The Kier molecular flexibility index (Phi) is 4.82. The van der Waals surface area contributed by atoms with E-state index < -0.39 is 0 Å². The van der Waals surface area contributed by atoms with Crippen molar-refractivity contribution in [2.24, 2.45) is 0 Å². The quantitative estimate of drug-likeness (QED) is 0.880. The van der Waals surface area contributed by atoms with Crippen molar-refractivity contribution in [1.29, 1.82) is 0 Å². The second-order valence-corrected chi connectivity index (χ2v) is 6.24. The van der Waals surface area contributed by atoms with Crippen molar-refractivity contribution in [2.45, 2.75) is 18.9 Å². The number of hydrogen-bond donors (Lipinski definition) is 1. The number of nitrogens with one attached hydrogen (secondary N) is 1. The molecule has 1 atom stereocenters. The fourth-order valence-corrected chi connectivity index (χ4v) is 3.05. The largest absolute Gasteiger partial charge is 0.480 e. The van der Waals surface area contributed by atoms with E-state index in [1.54, 1.807) is 35.2 Å². The van der Waals surface area contributed by atoms with Crippen LogP contribution in [0.15, 0.2) is 30.3 Å². The molecule has 3 heterocycles. The highest BCUT2D eigenvalue weighted by Gasteiger charge is 2.26. The highest BCUT2D eigenvalue weighted by molar-refractivity contribution is 5.89. The van der Waals surface area contributed by atoms with Crippen LogP contribution in [0.4, 0.5) is 10.5 Å². The summed E-state index contributed by atoms with van der Waals surface area (Å²) in [5, 5.41) is 10.8. The van der Waals surface area contributed by atoms with E-state index in [2.05, 4.69) is 15.5 Å². The maximum Gasteiger partial charge on any atom is 0.321 e. The molecule has 2 aliphatic heterocycles. The molecule has 9 heteroatoms. The molecule has 1 fully saturated rings. The molecule has 27 heavy (non-hydrogen) atoms. The Bertz CT molecular complexity index is 814. The maximum atomic E-state index is 12.6. The molecule has 0 aliphatic carbocycles. The van der Waals surface area contributed by atoms with Crippen LogP contribution in [-0.4, -0.2) is 54.2 Å². The van der Waals surface area contributed by atoms with Gasteiger partial charge in [0.15, 0.2) is 11.5 Å². The van der Waals surface area contributed by atoms with Crippen molar-refractivity contribution in [1.82, 2.24) is 15.1 Å². The number of ether oxygens (including phenoxy) is 4. The maximum absolute atomic E-state index is 12.6. The van der Waals surface area contributed by atoms with Gasteiger partial charge in [-0.1, -0.05) is 0 Å². The van der Waals surface area contributed by atoms with Crippen LogP contribution in [-0.2, 0) is 0 Å². The van der Waals surface area contributed by atoms with Crippen LogP contribution in [0.5, 0.6) is 23.3 Å². The van der Waals surface area contributed by atoms with Gasteiger partial charge in [0.05, 0.1) is 13.7 Å². The zero-order valence-electron chi connectivity index (χ0n) is 14.9. The Morgan fingerprint density at radius 1 is 1.19 bits per heavy atom. The van der Waals surface area contributed by atoms with Gasteiger partial charge >= 0.3 is 6.03 Å². The van der Waals surface area contributed by atoms with Crippen LogP contribution >= 0.6 is 0 Å². The van der Waals surface area contributed by atoms with Gasteiger partial charge in [0.25, 0.3) is 0 Å². The standard InChI is InChI=1S/C18H20N4O5/c1-24-16-6-7-17(21-20-16)27-13-3-2-8-22(10-13)18(23)19-12-4-5-14-15(9-12)26-11-25-14/h4-7,9,13H,2-3,8,10-11H2,1H3,(H,19,23). The van der Waals surface area contributed by atoms with Gasteiger partial charge in [-0.2, -0.15) is 0 Å². The topological polar surface area (TPSA) is 95.0 Å². The van der Waals surface area contributed by atoms with Crippen LogP contribution in [0.1, 0.15) is 12.8 Å². The molecule has 0 saturated carbocycles. The average Bonchev–Trinajstić information content (AvgIpc) is 3.16. The second kappa shape index (κ2) is 7.56. The number of urea groups is 1. The fraction of sp³-hybridized carbons (Fsp3) is 0.389. The highest BCUT2D eigenvalue weighted by Crippen LogP contribution is 2.34. The monoisotopic (exact) mass is 372 g/mol. The number of anilines is 1. The Hall–Kier alpha value is -3.23. The summed E-state index contributed by atoms with van der Waals surface area (Å²) < 4.78 is 21.5. The number of piperidine rings is 1. The Balaban J connectivity index is 1.35. The van der Waals surface area contributed by atoms with Crippen molar-refractivity contribution in [3.05, 3.63) is 30.3 Å². The molecular weight excluding hydrogens is 352 g/mol. The summed E-state index contributed by atoms with van der Waals surface area (Å²) in [4.78, 5) is 14.3. The molecule has 9 nitrogen and oxygen atoms in total. The van der Waals surface area contributed by atoms with Crippen LogP contribution in [0.2, 0.25) is 0 Å². The number of carbonyl (C=O) groups excluding carboxylic acids is 1. The molecular formula is C18H20N4O5. The number of amides is 2. The molecule has 0 bridgehead atoms. The summed E-state index contributed by atoms with van der Waals surface area (Å²) >= 11 is 0. The van der Waals surface area contributed by atoms with E-state index in [-0.39, 0.29) is 18.9 Å². The van der Waals surface area contributed by atoms with Crippen molar-refractivity contribution in [3.8, 4) is 23.3 Å². The summed E-state index contributed by atoms with van der Waals surface area (Å²) in [6.45, 7) is 1.35. The predicted octanol–water partition coefficient (Wildman–Crippen LogP) is 2.29. The third kappa shape index (κ3) is 3.97. The minimum absolute atomic E-state index is 0.135. The molecule has 4 rings (SSSR count). The SMILES string of the molecule is COc1ccc(OC2CCCN(C(=O)Nc3ccc4c(c3)OCO4)C2)nn1. The summed E-state index contributed by atoms with van der Waals surface area (Å²) in [6.07, 6.45) is 1.56. The average molecular weight is 372 g/mol. The summed E-state index contributed by atoms with van der Waals surface area (Å²) in [6, 6.07) is 8.54. The first-order chi connectivity index (χ1) is 13.2. The van der Waals surface area contributed by atoms with Crippen LogP contribution in [0.25, 0.3) is 0 Å². The number of methoxy groups -OCH3 is 1. The van der Waals surface area contributed by atoms with Crippen LogP contribution < -0.4 is 24.3 Å². The van der Waals surface area contributed by atoms with Crippen molar-refractivity contribution in [3.63, 3.8) is 0 Å². The van der Waals surface area contributed by atoms with Gasteiger partial charge in [-0.25, -0.2) is 4.79 Å². The molecule has 1 N–H and O–H groups in total. The first-order valence-corrected chi connectivity index (χ1v) is 8.71. The second-order valence-electron chi connectivity index (χ2n) is 6.24.